The predicted octanol–water partition coefficient (Wildman–Crippen LogP) is 3.41. The van der Waals surface area contributed by atoms with Crippen LogP contribution < -0.4 is 0 Å². The van der Waals surface area contributed by atoms with Gasteiger partial charge >= 0.3 is 6.09 Å². The summed E-state index contributed by atoms with van der Waals surface area (Å²) < 4.78 is 5.37. The van der Waals surface area contributed by atoms with Crippen LogP contribution in [0.1, 0.15) is 22.3 Å². The van der Waals surface area contributed by atoms with Crippen molar-refractivity contribution in [1.29, 1.82) is 5.26 Å². The molecular formula is C18H16N2O2. The number of hydrogen-bond acceptors (Lipinski definition) is 3. The molecule has 0 N–H and O–H groups in total. The van der Waals surface area contributed by atoms with Crippen molar-refractivity contribution in [1.82, 2.24) is 4.90 Å². The first-order valence-corrected chi connectivity index (χ1v) is 7.20. The van der Waals surface area contributed by atoms with Gasteiger partial charge in [0.1, 0.15) is 6.61 Å². The molecule has 110 valence electrons. The fourth-order valence-electron chi connectivity index (χ4n) is 2.68. The van der Waals surface area contributed by atoms with E-state index in [1.165, 1.54) is 0 Å². The largest absolute Gasteiger partial charge is 0.445 e. The monoisotopic (exact) mass is 292 g/mol. The lowest BCUT2D eigenvalue weighted by atomic mass is 10.0. The van der Waals surface area contributed by atoms with Gasteiger partial charge in [0.15, 0.2) is 0 Å². The van der Waals surface area contributed by atoms with Crippen molar-refractivity contribution in [2.24, 2.45) is 0 Å². The molecule has 22 heavy (non-hydrogen) atoms. The predicted molar refractivity (Wildman–Crippen MR) is 81.6 cm³/mol. The van der Waals surface area contributed by atoms with E-state index in [4.69, 9.17) is 10.00 Å². The van der Waals surface area contributed by atoms with Gasteiger partial charge in [-0.05, 0) is 22.3 Å². The van der Waals surface area contributed by atoms with Gasteiger partial charge < -0.3 is 4.74 Å². The van der Waals surface area contributed by atoms with Crippen LogP contribution in [0, 0.1) is 11.3 Å². The molecule has 3 rings (SSSR count). The van der Waals surface area contributed by atoms with E-state index < -0.39 is 0 Å². The molecule has 0 unspecified atom stereocenters. The Balaban J connectivity index is 1.64. The van der Waals surface area contributed by atoms with Crippen molar-refractivity contribution in [3.8, 4) is 6.07 Å². The van der Waals surface area contributed by atoms with Gasteiger partial charge in [0.25, 0.3) is 0 Å². The molecule has 4 nitrogen and oxygen atoms in total. The second-order valence-corrected chi connectivity index (χ2v) is 5.29. The molecule has 2 aromatic carbocycles. The van der Waals surface area contributed by atoms with E-state index in [9.17, 15) is 4.79 Å². The summed E-state index contributed by atoms with van der Waals surface area (Å²) >= 11 is 0. The third kappa shape index (κ3) is 2.94. The maximum atomic E-state index is 12.2. The highest BCUT2D eigenvalue weighted by molar-refractivity contribution is 5.69. The summed E-state index contributed by atoms with van der Waals surface area (Å²) in [6.07, 6.45) is 0.0544. The zero-order valence-corrected chi connectivity index (χ0v) is 12.2. The van der Waals surface area contributed by atoms with E-state index in [-0.39, 0.29) is 12.7 Å². The Morgan fingerprint density at radius 1 is 1.14 bits per heavy atom. The molecule has 0 saturated heterocycles. The van der Waals surface area contributed by atoms with E-state index in [0.717, 1.165) is 22.3 Å². The number of nitrogens with zero attached hydrogens (tertiary/aromatic N) is 2. The number of hydrogen-bond donors (Lipinski definition) is 0. The third-order valence-electron chi connectivity index (χ3n) is 3.81. The minimum atomic E-state index is -0.317. The van der Waals surface area contributed by atoms with Crippen molar-refractivity contribution in [2.45, 2.75) is 26.1 Å². The molecule has 0 atom stereocenters. The molecule has 1 amide bonds. The van der Waals surface area contributed by atoms with Crippen LogP contribution in [0.3, 0.4) is 0 Å². The summed E-state index contributed by atoms with van der Waals surface area (Å²) in [7, 11) is 0. The number of benzene rings is 2. The highest BCUT2D eigenvalue weighted by Crippen LogP contribution is 2.27. The van der Waals surface area contributed by atoms with Crippen molar-refractivity contribution in [3.05, 3.63) is 70.8 Å². The topological polar surface area (TPSA) is 53.3 Å². The molecule has 1 aliphatic heterocycles. The summed E-state index contributed by atoms with van der Waals surface area (Å²) in [5.74, 6) is 0. The first kappa shape index (κ1) is 14.2. The van der Waals surface area contributed by atoms with Crippen LogP contribution in [0.15, 0.2) is 48.5 Å². The highest BCUT2D eigenvalue weighted by atomic mass is 16.6. The van der Waals surface area contributed by atoms with E-state index in [2.05, 4.69) is 6.07 Å². The van der Waals surface area contributed by atoms with Gasteiger partial charge in [-0.3, -0.25) is 4.90 Å². The van der Waals surface area contributed by atoms with Gasteiger partial charge in [0.05, 0.1) is 19.0 Å². The van der Waals surface area contributed by atoms with Crippen LogP contribution in [0.25, 0.3) is 0 Å². The van der Waals surface area contributed by atoms with Gasteiger partial charge in [-0.2, -0.15) is 5.26 Å². The van der Waals surface area contributed by atoms with Crippen molar-refractivity contribution < 1.29 is 9.53 Å². The van der Waals surface area contributed by atoms with Crippen molar-refractivity contribution in [3.63, 3.8) is 0 Å². The lowest BCUT2D eigenvalue weighted by Crippen LogP contribution is -2.26. The average Bonchev–Trinajstić information content (AvgIpc) is 2.99. The van der Waals surface area contributed by atoms with Crippen molar-refractivity contribution in [2.75, 3.05) is 0 Å². The van der Waals surface area contributed by atoms with Crippen LogP contribution >= 0.6 is 0 Å². The zero-order valence-electron chi connectivity index (χ0n) is 12.2. The van der Waals surface area contributed by atoms with Crippen LogP contribution in [0.2, 0.25) is 0 Å². The zero-order chi connectivity index (χ0) is 15.4. The first-order chi connectivity index (χ1) is 10.8. The molecule has 0 bridgehead atoms. The lowest BCUT2D eigenvalue weighted by molar-refractivity contribution is 0.0955. The molecule has 1 heterocycles. The quantitative estimate of drug-likeness (QED) is 0.871. The Bertz CT molecular complexity index is 720. The Labute approximate surface area is 129 Å². The number of rotatable bonds is 3. The molecule has 4 heteroatoms. The molecule has 0 radical (unpaired) electrons. The summed E-state index contributed by atoms with van der Waals surface area (Å²) in [5.41, 5.74) is 4.15. The van der Waals surface area contributed by atoms with Crippen molar-refractivity contribution >= 4 is 6.09 Å². The van der Waals surface area contributed by atoms with E-state index >= 15 is 0 Å². The molecule has 0 aromatic heterocycles. The SMILES string of the molecule is N#CCc1cccc2c1CN(C(=O)OCc1ccccc1)C2. The van der Waals surface area contributed by atoms with Crippen LogP contribution in [-0.4, -0.2) is 11.0 Å². The van der Waals surface area contributed by atoms with E-state index in [1.807, 2.05) is 48.5 Å². The number of carbonyl (C=O) groups excluding carboxylic acids is 1. The number of amides is 1. The standard InChI is InChI=1S/C18H16N2O2/c19-10-9-15-7-4-8-16-11-20(12-17(15)16)18(21)22-13-14-5-2-1-3-6-14/h1-8H,9,11-13H2. The second-order valence-electron chi connectivity index (χ2n) is 5.29. The molecule has 0 aliphatic carbocycles. The fraction of sp³-hybridized carbons (Fsp3) is 0.222. The highest BCUT2D eigenvalue weighted by Gasteiger charge is 2.26. The molecule has 0 saturated carbocycles. The fourth-order valence-corrected chi connectivity index (χ4v) is 2.68. The number of ether oxygens (including phenoxy) is 1. The van der Waals surface area contributed by atoms with Gasteiger partial charge in [-0.15, -0.1) is 0 Å². The smallest absolute Gasteiger partial charge is 0.410 e. The minimum absolute atomic E-state index is 0.275. The average molecular weight is 292 g/mol. The third-order valence-corrected chi connectivity index (χ3v) is 3.81. The molecular weight excluding hydrogens is 276 g/mol. The van der Waals surface area contributed by atoms with Crippen LogP contribution in [-0.2, 0) is 30.9 Å². The van der Waals surface area contributed by atoms with Gasteiger partial charge in [-0.1, -0.05) is 48.5 Å². The van der Waals surface area contributed by atoms with Crippen LogP contribution in [0.5, 0.6) is 0 Å². The Kier molecular flexibility index (Phi) is 4.06. The number of carbonyl (C=O) groups is 1. The van der Waals surface area contributed by atoms with Gasteiger partial charge in [-0.25, -0.2) is 4.79 Å². The summed E-state index contributed by atoms with van der Waals surface area (Å²) in [6, 6.07) is 17.7. The summed E-state index contributed by atoms with van der Waals surface area (Å²) in [6.45, 7) is 1.33. The molecule has 0 fully saturated rings. The Hall–Kier alpha value is -2.80. The number of fused-ring (bicyclic) bond motifs is 1. The Morgan fingerprint density at radius 2 is 1.95 bits per heavy atom. The number of nitriles is 1. The molecule has 1 aliphatic rings. The summed E-state index contributed by atoms with van der Waals surface area (Å²) in [5, 5.41) is 8.88. The van der Waals surface area contributed by atoms with Gasteiger partial charge in [0, 0.05) is 6.54 Å². The van der Waals surface area contributed by atoms with Crippen LogP contribution in [0.4, 0.5) is 4.79 Å². The minimum Gasteiger partial charge on any atom is -0.445 e. The first-order valence-electron chi connectivity index (χ1n) is 7.20. The van der Waals surface area contributed by atoms with E-state index in [1.54, 1.807) is 4.90 Å². The normalized spacial score (nSPS) is 12.6. The maximum Gasteiger partial charge on any atom is 0.410 e. The second kappa shape index (κ2) is 6.31. The van der Waals surface area contributed by atoms with Gasteiger partial charge in [0.2, 0.25) is 0 Å². The lowest BCUT2D eigenvalue weighted by Gasteiger charge is -2.15. The molecule has 0 spiro atoms. The maximum absolute atomic E-state index is 12.2. The molecule has 2 aromatic rings. The Morgan fingerprint density at radius 3 is 2.73 bits per heavy atom. The summed E-state index contributed by atoms with van der Waals surface area (Å²) in [4.78, 5) is 13.9. The van der Waals surface area contributed by atoms with E-state index in [0.29, 0.717) is 19.5 Å².